The second-order valence-corrected chi connectivity index (χ2v) is 8.66. The van der Waals surface area contributed by atoms with Gasteiger partial charge in [0.05, 0.1) is 4.90 Å². The van der Waals surface area contributed by atoms with E-state index in [0.717, 1.165) is 0 Å². The number of hydrogen-bond donors (Lipinski definition) is 3. The zero-order chi connectivity index (χ0) is 21.0. The Balaban J connectivity index is 1.52. The minimum atomic E-state index is -3.63. The molecule has 0 saturated carbocycles. The number of halogens is 1. The van der Waals surface area contributed by atoms with Gasteiger partial charge >= 0.3 is 6.09 Å². The number of nitrogens with one attached hydrogen (secondary N) is 2. The zero-order valence-corrected chi connectivity index (χ0v) is 16.9. The molecular formula is C18H20ClN5O4S. The lowest BCUT2D eigenvalue weighted by molar-refractivity contribution is -0.109. The van der Waals surface area contributed by atoms with Gasteiger partial charge in [0.1, 0.15) is 5.84 Å². The summed E-state index contributed by atoms with van der Waals surface area (Å²) in [5.41, 5.74) is 6.42. The average molecular weight is 438 g/mol. The lowest BCUT2D eigenvalue weighted by Crippen LogP contribution is -2.49. The van der Waals surface area contributed by atoms with Crippen molar-refractivity contribution in [2.45, 2.75) is 4.90 Å². The Labute approximate surface area is 173 Å². The predicted molar refractivity (Wildman–Crippen MR) is 109 cm³/mol. The summed E-state index contributed by atoms with van der Waals surface area (Å²) in [6.45, 7) is 0.851. The molecule has 0 bridgehead atoms. The second-order valence-electron chi connectivity index (χ2n) is 6.28. The van der Waals surface area contributed by atoms with Crippen LogP contribution in [0.15, 0.2) is 53.4 Å². The third-order valence-electron chi connectivity index (χ3n) is 4.30. The number of nitrogens with two attached hydrogens (primary N) is 1. The first-order valence-electron chi connectivity index (χ1n) is 8.70. The maximum Gasteiger partial charge on any atom is 0.430 e. The normalized spacial score (nSPS) is 15.6. The fourth-order valence-electron chi connectivity index (χ4n) is 2.75. The molecule has 9 nitrogen and oxygen atoms in total. The molecule has 1 aliphatic rings. The molecule has 0 spiro atoms. The zero-order valence-electron chi connectivity index (χ0n) is 15.3. The molecule has 1 saturated heterocycles. The molecule has 0 aromatic heterocycles. The van der Waals surface area contributed by atoms with E-state index in [1.54, 1.807) is 24.3 Å². The summed E-state index contributed by atoms with van der Waals surface area (Å²) >= 11 is 5.81. The molecule has 0 unspecified atom stereocenters. The summed E-state index contributed by atoms with van der Waals surface area (Å²) in [5.74, 6) is -0.0643. The van der Waals surface area contributed by atoms with Crippen LogP contribution in [0.1, 0.15) is 5.56 Å². The minimum absolute atomic E-state index is 0.0643. The highest BCUT2D eigenvalue weighted by Crippen LogP contribution is 2.20. The molecule has 0 radical (unpaired) electrons. The molecule has 29 heavy (non-hydrogen) atoms. The number of carbonyl (C=O) groups is 1. The van der Waals surface area contributed by atoms with Gasteiger partial charge in [-0.25, -0.2) is 13.2 Å². The molecule has 154 valence electrons. The fourth-order valence-corrected chi connectivity index (χ4v) is 4.30. The molecule has 3 rings (SSSR count). The summed E-state index contributed by atoms with van der Waals surface area (Å²) in [6, 6.07) is 12.4. The highest BCUT2D eigenvalue weighted by molar-refractivity contribution is 7.89. The predicted octanol–water partition coefficient (Wildman–Crippen LogP) is 2.09. The second kappa shape index (κ2) is 8.78. The Bertz CT molecular complexity index is 988. The van der Waals surface area contributed by atoms with Crippen molar-refractivity contribution in [3.63, 3.8) is 0 Å². The van der Waals surface area contributed by atoms with Gasteiger partial charge < -0.3 is 10.6 Å². The van der Waals surface area contributed by atoms with Crippen molar-refractivity contribution in [3.05, 3.63) is 59.1 Å². The van der Waals surface area contributed by atoms with Crippen LogP contribution in [0.3, 0.4) is 0 Å². The molecule has 2 aromatic rings. The summed E-state index contributed by atoms with van der Waals surface area (Å²) in [4.78, 5) is 17.4. The first kappa shape index (κ1) is 21.1. The van der Waals surface area contributed by atoms with E-state index >= 15 is 0 Å². The number of sulfonamides is 1. The highest BCUT2D eigenvalue weighted by atomic mass is 35.5. The van der Waals surface area contributed by atoms with Gasteiger partial charge in [-0.05, 0) is 48.5 Å². The van der Waals surface area contributed by atoms with Crippen LogP contribution < -0.4 is 11.1 Å². The maximum atomic E-state index is 12.7. The smallest absolute Gasteiger partial charge is 0.384 e. The van der Waals surface area contributed by atoms with Crippen LogP contribution in [0.4, 0.5) is 10.5 Å². The fraction of sp³-hybridized carbons (Fsp3) is 0.222. The van der Waals surface area contributed by atoms with E-state index < -0.39 is 16.1 Å². The molecule has 11 heteroatoms. The quantitative estimate of drug-likeness (QED) is 0.485. The highest BCUT2D eigenvalue weighted by Gasteiger charge is 2.29. The molecule has 4 N–H and O–H groups in total. The molecule has 1 heterocycles. The van der Waals surface area contributed by atoms with Crippen LogP contribution in [-0.4, -0.2) is 55.9 Å². The van der Waals surface area contributed by atoms with E-state index in [9.17, 15) is 13.2 Å². The molecule has 1 amide bonds. The van der Waals surface area contributed by atoms with Gasteiger partial charge in [0.2, 0.25) is 10.0 Å². The molecule has 0 atom stereocenters. The maximum absolute atomic E-state index is 12.7. The summed E-state index contributed by atoms with van der Waals surface area (Å²) in [6.07, 6.45) is -0.686. The van der Waals surface area contributed by atoms with E-state index in [4.69, 9.17) is 27.6 Å². The third-order valence-corrected chi connectivity index (χ3v) is 6.47. The van der Waals surface area contributed by atoms with Crippen LogP contribution in [0.2, 0.25) is 5.02 Å². The van der Waals surface area contributed by atoms with Crippen LogP contribution in [-0.2, 0) is 14.9 Å². The van der Waals surface area contributed by atoms with Crippen LogP contribution in [0.25, 0.3) is 0 Å². The van der Waals surface area contributed by atoms with E-state index in [1.165, 1.54) is 33.6 Å². The molecule has 1 fully saturated rings. The Kier molecular flexibility index (Phi) is 6.38. The lowest BCUT2D eigenvalue weighted by atomic mass is 10.2. The van der Waals surface area contributed by atoms with E-state index in [1.807, 2.05) is 0 Å². The largest absolute Gasteiger partial charge is 0.430 e. The number of nitrogen functional groups attached to an aromatic ring is 1. The van der Waals surface area contributed by atoms with Crippen LogP contribution >= 0.6 is 11.6 Å². The van der Waals surface area contributed by atoms with E-state index in [-0.39, 0.29) is 36.9 Å². The number of amides is 1. The number of benzene rings is 2. The van der Waals surface area contributed by atoms with Crippen molar-refractivity contribution in [2.24, 2.45) is 5.73 Å². The number of nitrogens with zero attached hydrogens (tertiary/aromatic N) is 2. The van der Waals surface area contributed by atoms with Crippen molar-refractivity contribution in [1.29, 1.82) is 5.41 Å². The number of carbonyl (C=O) groups excluding carboxylic acids is 1. The Hall–Kier alpha value is -2.66. The first-order chi connectivity index (χ1) is 13.8. The first-order valence-corrected chi connectivity index (χ1v) is 10.5. The van der Waals surface area contributed by atoms with Crippen LogP contribution in [0, 0.1) is 5.41 Å². The standard InChI is InChI=1S/C18H20ClN5O4S/c19-14-3-7-16(8-4-14)29(26,27)24-11-9-23(10-12-24)28-18(25)22-15-5-1-13(2-6-15)17(20)21/h1-8H,9-12H2,(H3,20,21)(H,22,25). The number of piperazine rings is 1. The number of hydroxylamine groups is 2. The minimum Gasteiger partial charge on any atom is -0.384 e. The average Bonchev–Trinajstić information content (AvgIpc) is 2.69. The third kappa shape index (κ3) is 5.24. The number of amidine groups is 1. The van der Waals surface area contributed by atoms with Gasteiger partial charge in [0.25, 0.3) is 0 Å². The monoisotopic (exact) mass is 437 g/mol. The molecule has 0 aliphatic carbocycles. The SMILES string of the molecule is N=C(N)c1ccc(NC(=O)ON2CCN(S(=O)(=O)c3ccc(Cl)cc3)CC2)cc1. The van der Waals surface area contributed by atoms with Crippen molar-refractivity contribution in [2.75, 3.05) is 31.5 Å². The Morgan fingerprint density at radius 2 is 1.62 bits per heavy atom. The van der Waals surface area contributed by atoms with Crippen molar-refractivity contribution in [3.8, 4) is 0 Å². The topological polar surface area (TPSA) is 129 Å². The summed E-state index contributed by atoms with van der Waals surface area (Å²) in [7, 11) is -3.63. The van der Waals surface area contributed by atoms with Crippen molar-refractivity contribution >= 4 is 39.2 Å². The van der Waals surface area contributed by atoms with Crippen molar-refractivity contribution < 1.29 is 18.0 Å². The van der Waals surface area contributed by atoms with Gasteiger partial charge in [-0.15, -0.1) is 5.06 Å². The number of hydrogen-bond acceptors (Lipinski definition) is 6. The summed E-state index contributed by atoms with van der Waals surface area (Å²) in [5, 5.41) is 11.8. The number of anilines is 1. The molecular weight excluding hydrogens is 418 g/mol. The van der Waals surface area contributed by atoms with E-state index in [2.05, 4.69) is 5.32 Å². The Morgan fingerprint density at radius 3 is 2.17 bits per heavy atom. The van der Waals surface area contributed by atoms with Gasteiger partial charge in [-0.2, -0.15) is 4.31 Å². The molecule has 1 aliphatic heterocycles. The Morgan fingerprint density at radius 1 is 1.03 bits per heavy atom. The lowest BCUT2D eigenvalue weighted by Gasteiger charge is -2.32. The molecule has 2 aromatic carbocycles. The van der Waals surface area contributed by atoms with Gasteiger partial charge in [0, 0.05) is 42.5 Å². The number of rotatable bonds is 5. The van der Waals surface area contributed by atoms with Gasteiger partial charge in [-0.1, -0.05) is 11.6 Å². The van der Waals surface area contributed by atoms with Gasteiger partial charge in [0.15, 0.2) is 0 Å². The van der Waals surface area contributed by atoms with Crippen molar-refractivity contribution in [1.82, 2.24) is 9.37 Å². The van der Waals surface area contributed by atoms with Crippen LogP contribution in [0.5, 0.6) is 0 Å². The summed E-state index contributed by atoms with van der Waals surface area (Å²) < 4.78 is 26.7. The van der Waals surface area contributed by atoms with Gasteiger partial charge in [-0.3, -0.25) is 10.7 Å². The van der Waals surface area contributed by atoms with E-state index in [0.29, 0.717) is 16.3 Å².